The lowest BCUT2D eigenvalue weighted by Crippen LogP contribution is -2.51. The molecule has 0 aromatic heterocycles. The second-order valence-corrected chi connectivity index (χ2v) is 17.9. The van der Waals surface area contributed by atoms with Crippen molar-refractivity contribution in [2.24, 2.45) is 5.92 Å². The number of hydrogen-bond donors (Lipinski definition) is 0. The van der Waals surface area contributed by atoms with Gasteiger partial charge in [0.25, 0.3) is 5.91 Å². The van der Waals surface area contributed by atoms with E-state index in [0.717, 1.165) is 16.9 Å². The van der Waals surface area contributed by atoms with Crippen molar-refractivity contribution in [3.8, 4) is 5.75 Å². The second kappa shape index (κ2) is 15.9. The number of cyclic esters (lactones) is 1. The Morgan fingerprint density at radius 2 is 1.59 bits per heavy atom. The molecular formula is C32H53NO7Si. The van der Waals surface area contributed by atoms with Crippen LogP contribution in [0, 0.1) is 5.92 Å². The number of benzene rings is 1. The molecule has 1 aliphatic rings. The molecule has 1 heterocycles. The minimum absolute atomic E-state index is 0.0725. The van der Waals surface area contributed by atoms with Crippen LogP contribution in [0.4, 0.5) is 4.79 Å². The van der Waals surface area contributed by atoms with Crippen LogP contribution in [0.1, 0.15) is 74.3 Å². The molecule has 0 radical (unpaired) electrons. The largest absolute Gasteiger partial charge is 0.497 e. The van der Waals surface area contributed by atoms with E-state index in [1.54, 1.807) is 7.11 Å². The van der Waals surface area contributed by atoms with Crippen LogP contribution in [-0.4, -0.2) is 70.4 Å². The standard InChI is InChI=1S/C32H53NO7Si/c1-21(2)16-29(37-17-26-12-14-27(36-11)15-13-26)30(19-40-41(23(5)6,24(7)8)25(9)10)38-20-31(34)33-28(22(3)4)18-39-32(33)35/h12-15,22-25,28-30H,1,16-20H2,2-11H3/t28-,29-,30+/m0/s1. The number of carbonyl (C=O) groups is 2. The summed E-state index contributed by atoms with van der Waals surface area (Å²) in [6.45, 7) is 24.0. The van der Waals surface area contributed by atoms with Crippen LogP contribution in [0.2, 0.25) is 16.6 Å². The number of carbonyl (C=O) groups excluding carboxylic acids is 2. The smallest absolute Gasteiger partial charge is 0.417 e. The molecule has 0 bridgehead atoms. The van der Waals surface area contributed by atoms with Gasteiger partial charge in [0.2, 0.25) is 0 Å². The van der Waals surface area contributed by atoms with Gasteiger partial charge in [-0.2, -0.15) is 0 Å². The van der Waals surface area contributed by atoms with Crippen molar-refractivity contribution in [1.29, 1.82) is 0 Å². The Hall–Kier alpha value is -2.20. The van der Waals surface area contributed by atoms with Crippen LogP contribution < -0.4 is 4.74 Å². The molecule has 0 spiro atoms. The van der Waals surface area contributed by atoms with Gasteiger partial charge < -0.3 is 23.4 Å². The van der Waals surface area contributed by atoms with E-state index >= 15 is 0 Å². The Balaban J connectivity index is 2.33. The molecule has 0 saturated carbocycles. The molecule has 1 aromatic carbocycles. The summed E-state index contributed by atoms with van der Waals surface area (Å²) in [6.07, 6.45) is -1.04. The van der Waals surface area contributed by atoms with Crippen molar-refractivity contribution in [3.05, 3.63) is 42.0 Å². The van der Waals surface area contributed by atoms with Crippen LogP contribution >= 0.6 is 0 Å². The molecule has 3 atom stereocenters. The average Bonchev–Trinajstić information content (AvgIpc) is 3.29. The summed E-state index contributed by atoms with van der Waals surface area (Å²) in [6, 6.07) is 7.42. The number of ether oxygens (including phenoxy) is 4. The fourth-order valence-electron chi connectivity index (χ4n) is 6.02. The molecule has 41 heavy (non-hydrogen) atoms. The molecule has 1 saturated heterocycles. The second-order valence-electron chi connectivity index (χ2n) is 12.5. The van der Waals surface area contributed by atoms with Gasteiger partial charge in [-0.15, -0.1) is 6.58 Å². The van der Waals surface area contributed by atoms with E-state index in [0.29, 0.717) is 29.7 Å². The van der Waals surface area contributed by atoms with Crippen molar-refractivity contribution in [2.75, 3.05) is 26.9 Å². The first-order chi connectivity index (χ1) is 19.2. The van der Waals surface area contributed by atoms with E-state index in [9.17, 15) is 9.59 Å². The third kappa shape index (κ3) is 9.14. The van der Waals surface area contributed by atoms with Gasteiger partial charge in [-0.3, -0.25) is 4.79 Å². The molecule has 0 N–H and O–H groups in total. The number of methoxy groups -OCH3 is 1. The lowest BCUT2D eigenvalue weighted by Gasteiger charge is -2.43. The molecule has 9 heteroatoms. The molecular weight excluding hydrogens is 538 g/mol. The molecule has 1 fully saturated rings. The maximum atomic E-state index is 13.3. The van der Waals surface area contributed by atoms with Crippen molar-refractivity contribution >= 4 is 20.3 Å². The van der Waals surface area contributed by atoms with E-state index in [-0.39, 0.29) is 31.8 Å². The molecule has 2 amide bonds. The highest BCUT2D eigenvalue weighted by Crippen LogP contribution is 2.42. The minimum atomic E-state index is -2.23. The number of amides is 2. The Labute approximate surface area is 248 Å². The average molecular weight is 592 g/mol. The van der Waals surface area contributed by atoms with E-state index in [4.69, 9.17) is 23.4 Å². The van der Waals surface area contributed by atoms with Gasteiger partial charge in [0.05, 0.1) is 32.5 Å². The monoisotopic (exact) mass is 591 g/mol. The number of rotatable bonds is 17. The third-order valence-electron chi connectivity index (χ3n) is 8.16. The van der Waals surface area contributed by atoms with E-state index < -0.39 is 32.5 Å². The summed E-state index contributed by atoms with van der Waals surface area (Å²) in [4.78, 5) is 26.9. The first kappa shape index (κ1) is 35.0. The van der Waals surface area contributed by atoms with Crippen LogP contribution in [0.5, 0.6) is 5.75 Å². The van der Waals surface area contributed by atoms with Gasteiger partial charge in [0.15, 0.2) is 8.32 Å². The summed E-state index contributed by atoms with van der Waals surface area (Å²) in [5, 5.41) is 0. The summed E-state index contributed by atoms with van der Waals surface area (Å²) in [7, 11) is -0.597. The Kier molecular flexibility index (Phi) is 13.5. The topological polar surface area (TPSA) is 83.5 Å². The zero-order valence-corrected chi connectivity index (χ0v) is 27.9. The molecule has 1 aromatic rings. The lowest BCUT2D eigenvalue weighted by atomic mass is 10.0. The summed E-state index contributed by atoms with van der Waals surface area (Å²) < 4.78 is 30.2. The highest BCUT2D eigenvalue weighted by Gasteiger charge is 2.46. The van der Waals surface area contributed by atoms with Crippen LogP contribution in [0.3, 0.4) is 0 Å². The van der Waals surface area contributed by atoms with Crippen molar-refractivity contribution in [1.82, 2.24) is 4.90 Å². The first-order valence-corrected chi connectivity index (χ1v) is 17.0. The fourth-order valence-corrected chi connectivity index (χ4v) is 11.5. The van der Waals surface area contributed by atoms with Gasteiger partial charge in [0.1, 0.15) is 25.1 Å². The van der Waals surface area contributed by atoms with Gasteiger partial charge in [-0.25, -0.2) is 9.69 Å². The number of imide groups is 1. The normalized spacial score (nSPS) is 17.5. The van der Waals surface area contributed by atoms with Crippen LogP contribution in [0.15, 0.2) is 36.4 Å². The maximum Gasteiger partial charge on any atom is 0.417 e. The molecule has 1 aliphatic heterocycles. The Bertz CT molecular complexity index is 970. The Morgan fingerprint density at radius 3 is 2.07 bits per heavy atom. The van der Waals surface area contributed by atoms with Gasteiger partial charge in [-0.1, -0.05) is 73.1 Å². The number of nitrogens with zero attached hydrogens (tertiary/aromatic N) is 1. The maximum absolute atomic E-state index is 13.3. The molecule has 0 aliphatic carbocycles. The Morgan fingerprint density at radius 1 is 1.00 bits per heavy atom. The van der Waals surface area contributed by atoms with E-state index in [1.807, 2.05) is 45.0 Å². The molecule has 232 valence electrons. The lowest BCUT2D eigenvalue weighted by molar-refractivity contribution is -0.144. The first-order valence-electron chi connectivity index (χ1n) is 14.9. The van der Waals surface area contributed by atoms with Gasteiger partial charge >= 0.3 is 6.09 Å². The van der Waals surface area contributed by atoms with Crippen molar-refractivity contribution < 1.29 is 33.0 Å². The minimum Gasteiger partial charge on any atom is -0.497 e. The highest BCUT2D eigenvalue weighted by molar-refractivity contribution is 6.77. The number of hydrogen-bond acceptors (Lipinski definition) is 7. The predicted molar refractivity (Wildman–Crippen MR) is 165 cm³/mol. The third-order valence-corrected chi connectivity index (χ3v) is 14.2. The summed E-state index contributed by atoms with van der Waals surface area (Å²) >= 11 is 0. The van der Waals surface area contributed by atoms with E-state index in [2.05, 4.69) is 48.1 Å². The quantitative estimate of drug-likeness (QED) is 0.141. The molecule has 8 nitrogen and oxygen atoms in total. The molecule has 2 rings (SSSR count). The molecule has 0 unspecified atom stereocenters. The fraction of sp³-hybridized carbons (Fsp3) is 0.688. The van der Waals surface area contributed by atoms with Crippen molar-refractivity contribution in [2.45, 2.75) is 110 Å². The predicted octanol–water partition coefficient (Wildman–Crippen LogP) is 7.13. The summed E-state index contributed by atoms with van der Waals surface area (Å²) in [5.74, 6) is 0.432. The summed E-state index contributed by atoms with van der Waals surface area (Å²) in [5.41, 5.74) is 3.08. The van der Waals surface area contributed by atoms with Gasteiger partial charge in [0, 0.05) is 0 Å². The van der Waals surface area contributed by atoms with Gasteiger partial charge in [-0.05, 0) is 53.6 Å². The van der Waals surface area contributed by atoms with Crippen molar-refractivity contribution in [3.63, 3.8) is 0 Å². The van der Waals surface area contributed by atoms with E-state index in [1.165, 1.54) is 4.90 Å². The highest BCUT2D eigenvalue weighted by atomic mass is 28.4. The zero-order valence-electron chi connectivity index (χ0n) is 26.9. The SMILES string of the molecule is C=C(C)C[C@H](OCc1ccc(OC)cc1)[C@@H](CO[Si](C(C)C)(C(C)C)C(C)C)OCC(=O)N1C(=O)OC[C@H]1C(C)C. The van der Waals surface area contributed by atoms with Crippen LogP contribution in [0.25, 0.3) is 0 Å². The van der Waals surface area contributed by atoms with Crippen LogP contribution in [-0.2, 0) is 30.0 Å². The zero-order chi connectivity index (χ0) is 30.9.